The van der Waals surface area contributed by atoms with E-state index >= 15 is 0 Å². The number of aromatic nitrogens is 2. The lowest BCUT2D eigenvalue weighted by Crippen LogP contribution is -2.36. The third-order valence-electron chi connectivity index (χ3n) is 2.99. The molecule has 2 aromatic rings. The molecule has 1 aromatic heterocycles. The van der Waals surface area contributed by atoms with Gasteiger partial charge < -0.3 is 9.88 Å². The van der Waals surface area contributed by atoms with E-state index in [4.69, 9.17) is 5.26 Å². The lowest BCUT2D eigenvalue weighted by molar-refractivity contribution is 0.413. The highest BCUT2D eigenvalue weighted by Crippen LogP contribution is 2.09. The minimum atomic E-state index is 0.0670. The molecule has 4 heteroatoms. The monoisotopic (exact) mass is 268 g/mol. The van der Waals surface area contributed by atoms with Gasteiger partial charge in [-0.2, -0.15) is 5.26 Å². The van der Waals surface area contributed by atoms with E-state index in [1.165, 1.54) is 0 Å². The summed E-state index contributed by atoms with van der Waals surface area (Å²) in [5, 5.41) is 12.4. The molecule has 0 aliphatic heterocycles. The molecule has 0 aliphatic carbocycles. The molecule has 0 radical (unpaired) electrons. The van der Waals surface area contributed by atoms with Gasteiger partial charge in [-0.05, 0) is 38.5 Å². The summed E-state index contributed by atoms with van der Waals surface area (Å²) in [5.41, 5.74) is 1.87. The zero-order valence-corrected chi connectivity index (χ0v) is 12.2. The van der Waals surface area contributed by atoms with Gasteiger partial charge in [0.15, 0.2) is 0 Å². The first-order valence-electron chi connectivity index (χ1n) is 6.72. The molecule has 0 atom stereocenters. The van der Waals surface area contributed by atoms with Crippen molar-refractivity contribution >= 4 is 0 Å². The van der Waals surface area contributed by atoms with E-state index in [2.05, 4.69) is 41.7 Å². The van der Waals surface area contributed by atoms with Crippen LogP contribution < -0.4 is 5.32 Å². The van der Waals surface area contributed by atoms with Crippen LogP contribution in [0.25, 0.3) is 0 Å². The van der Waals surface area contributed by atoms with Crippen molar-refractivity contribution in [1.82, 2.24) is 14.9 Å². The molecule has 4 nitrogen and oxygen atoms in total. The highest BCUT2D eigenvalue weighted by Gasteiger charge is 2.11. The van der Waals surface area contributed by atoms with Crippen LogP contribution in [0.1, 0.15) is 37.7 Å². The van der Waals surface area contributed by atoms with Crippen molar-refractivity contribution in [2.45, 2.75) is 39.4 Å². The summed E-state index contributed by atoms with van der Waals surface area (Å²) in [4.78, 5) is 4.39. The fourth-order valence-electron chi connectivity index (χ4n) is 1.93. The normalized spacial score (nSPS) is 11.3. The number of imidazole rings is 1. The second-order valence-corrected chi connectivity index (χ2v) is 5.89. The molecular weight excluding hydrogens is 248 g/mol. The maximum absolute atomic E-state index is 8.94. The Labute approximate surface area is 120 Å². The maximum Gasteiger partial charge on any atom is 0.122 e. The van der Waals surface area contributed by atoms with Crippen molar-refractivity contribution in [1.29, 1.82) is 5.26 Å². The van der Waals surface area contributed by atoms with Crippen molar-refractivity contribution in [2.75, 3.05) is 0 Å². The van der Waals surface area contributed by atoms with Gasteiger partial charge in [0.1, 0.15) is 5.82 Å². The standard InChI is InChI=1S/C16H20N4/c1-16(2,3)19-11-15-18-7-8-20(15)12-14-6-4-5-13(9-14)10-17/h4-9,19H,11-12H2,1-3H3. The van der Waals surface area contributed by atoms with E-state index < -0.39 is 0 Å². The number of hydrogen-bond donors (Lipinski definition) is 1. The van der Waals surface area contributed by atoms with Crippen LogP contribution in [0.2, 0.25) is 0 Å². The largest absolute Gasteiger partial charge is 0.329 e. The number of benzene rings is 1. The van der Waals surface area contributed by atoms with Crippen molar-refractivity contribution in [2.24, 2.45) is 0 Å². The second-order valence-electron chi connectivity index (χ2n) is 5.89. The first-order chi connectivity index (χ1) is 9.48. The lowest BCUT2D eigenvalue weighted by Gasteiger charge is -2.20. The highest BCUT2D eigenvalue weighted by atomic mass is 15.1. The Bertz CT molecular complexity index is 614. The van der Waals surface area contributed by atoms with E-state index in [1.54, 1.807) is 0 Å². The van der Waals surface area contributed by atoms with Crippen LogP contribution in [0.15, 0.2) is 36.7 Å². The van der Waals surface area contributed by atoms with Gasteiger partial charge in [0.2, 0.25) is 0 Å². The molecule has 104 valence electrons. The van der Waals surface area contributed by atoms with Crippen LogP contribution in [0.3, 0.4) is 0 Å². The van der Waals surface area contributed by atoms with Gasteiger partial charge in [-0.25, -0.2) is 4.98 Å². The molecule has 0 saturated heterocycles. The molecule has 0 saturated carbocycles. The van der Waals surface area contributed by atoms with Crippen LogP contribution in [0, 0.1) is 11.3 Å². The zero-order chi connectivity index (χ0) is 14.6. The average Bonchev–Trinajstić information content (AvgIpc) is 2.83. The van der Waals surface area contributed by atoms with Gasteiger partial charge in [0.25, 0.3) is 0 Å². The van der Waals surface area contributed by atoms with Gasteiger partial charge in [0.05, 0.1) is 18.2 Å². The third kappa shape index (κ3) is 3.94. The smallest absolute Gasteiger partial charge is 0.122 e. The predicted molar refractivity (Wildman–Crippen MR) is 79.1 cm³/mol. The highest BCUT2D eigenvalue weighted by molar-refractivity contribution is 5.32. The average molecular weight is 268 g/mol. The Kier molecular flexibility index (Phi) is 4.21. The molecule has 0 unspecified atom stereocenters. The summed E-state index contributed by atoms with van der Waals surface area (Å²) in [5.74, 6) is 1.00. The van der Waals surface area contributed by atoms with Crippen molar-refractivity contribution in [3.05, 3.63) is 53.6 Å². The molecule has 2 rings (SSSR count). The third-order valence-corrected chi connectivity index (χ3v) is 2.99. The molecule has 0 bridgehead atoms. The summed E-state index contributed by atoms with van der Waals surface area (Å²) in [6.07, 6.45) is 3.78. The summed E-state index contributed by atoms with van der Waals surface area (Å²) in [7, 11) is 0. The predicted octanol–water partition coefficient (Wildman–Crippen LogP) is 2.69. The molecule has 1 N–H and O–H groups in total. The van der Waals surface area contributed by atoms with Crippen molar-refractivity contribution in [3.8, 4) is 6.07 Å². The SMILES string of the molecule is CC(C)(C)NCc1nccn1Cc1cccc(C#N)c1. The van der Waals surface area contributed by atoms with Crippen LogP contribution >= 0.6 is 0 Å². The number of hydrogen-bond acceptors (Lipinski definition) is 3. The number of nitrogens with zero attached hydrogens (tertiary/aromatic N) is 3. The Hall–Kier alpha value is -2.12. The Morgan fingerprint density at radius 1 is 1.35 bits per heavy atom. The summed E-state index contributed by atoms with van der Waals surface area (Å²) < 4.78 is 2.11. The van der Waals surface area contributed by atoms with Crippen LogP contribution in [-0.4, -0.2) is 15.1 Å². The lowest BCUT2D eigenvalue weighted by atomic mass is 10.1. The minimum Gasteiger partial charge on any atom is -0.329 e. The molecule has 1 heterocycles. The van der Waals surface area contributed by atoms with Gasteiger partial charge in [0, 0.05) is 24.5 Å². The van der Waals surface area contributed by atoms with E-state index in [0.717, 1.165) is 24.5 Å². The van der Waals surface area contributed by atoms with Gasteiger partial charge in [-0.1, -0.05) is 12.1 Å². The second kappa shape index (κ2) is 5.89. The summed E-state index contributed by atoms with van der Waals surface area (Å²) >= 11 is 0. The molecule has 0 fully saturated rings. The minimum absolute atomic E-state index is 0.0670. The Morgan fingerprint density at radius 2 is 2.15 bits per heavy atom. The summed E-state index contributed by atoms with van der Waals surface area (Å²) in [6.45, 7) is 7.87. The zero-order valence-electron chi connectivity index (χ0n) is 12.2. The fraction of sp³-hybridized carbons (Fsp3) is 0.375. The van der Waals surface area contributed by atoms with Crippen molar-refractivity contribution < 1.29 is 0 Å². The molecule has 0 amide bonds. The first kappa shape index (κ1) is 14.3. The van der Waals surface area contributed by atoms with Crippen LogP contribution in [-0.2, 0) is 13.1 Å². The number of rotatable bonds is 4. The topological polar surface area (TPSA) is 53.6 Å². The van der Waals surface area contributed by atoms with Crippen LogP contribution in [0.4, 0.5) is 0 Å². The first-order valence-corrected chi connectivity index (χ1v) is 6.72. The van der Waals surface area contributed by atoms with Crippen LogP contribution in [0.5, 0.6) is 0 Å². The number of nitrogens with one attached hydrogen (secondary N) is 1. The van der Waals surface area contributed by atoms with E-state index in [0.29, 0.717) is 5.56 Å². The van der Waals surface area contributed by atoms with Gasteiger partial charge >= 0.3 is 0 Å². The molecule has 20 heavy (non-hydrogen) atoms. The molecule has 1 aromatic carbocycles. The van der Waals surface area contributed by atoms with E-state index in [1.807, 2.05) is 36.7 Å². The van der Waals surface area contributed by atoms with Gasteiger partial charge in [-0.3, -0.25) is 0 Å². The molecule has 0 aliphatic rings. The molecular formula is C16H20N4. The van der Waals surface area contributed by atoms with E-state index in [9.17, 15) is 0 Å². The van der Waals surface area contributed by atoms with Crippen molar-refractivity contribution in [3.63, 3.8) is 0 Å². The summed E-state index contributed by atoms with van der Waals surface area (Å²) in [6, 6.07) is 9.85. The Balaban J connectivity index is 2.10. The Morgan fingerprint density at radius 3 is 2.85 bits per heavy atom. The van der Waals surface area contributed by atoms with E-state index in [-0.39, 0.29) is 5.54 Å². The fourth-order valence-corrected chi connectivity index (χ4v) is 1.93. The van der Waals surface area contributed by atoms with Gasteiger partial charge in [-0.15, -0.1) is 0 Å². The number of nitriles is 1. The quantitative estimate of drug-likeness (QED) is 0.927. The maximum atomic E-state index is 8.94. The molecule has 0 spiro atoms.